The lowest BCUT2D eigenvalue weighted by Crippen LogP contribution is -2.23. The minimum absolute atomic E-state index is 0.193. The first-order chi connectivity index (χ1) is 15.4. The Kier molecular flexibility index (Phi) is 5.02. The Bertz CT molecular complexity index is 1320. The smallest absolute Gasteiger partial charge is 0.227 e. The summed E-state index contributed by atoms with van der Waals surface area (Å²) in [6.45, 7) is 4.64. The molecular formula is C26H26N4O2. The van der Waals surface area contributed by atoms with E-state index in [4.69, 9.17) is 0 Å². The zero-order chi connectivity index (χ0) is 22.4. The molecule has 162 valence electrons. The minimum Gasteiger partial charge on any atom is -0.389 e. The molecule has 1 N–H and O–H groups in total. The standard InChI is InChI=1S/C26H26N4O2/c1-16-22(18-6-8-20(9-7-18)30-10-4-5-25(30)32)13-27-14-23(16)24-15-29(3)26-21(24)11-19(12-28-26)17(2)31/h6-9,11-15,17,31H,4-5,10H2,1-3H3/t17-/m0/s1. The minimum atomic E-state index is -0.577. The number of aromatic nitrogens is 3. The maximum Gasteiger partial charge on any atom is 0.227 e. The molecule has 1 fully saturated rings. The van der Waals surface area contributed by atoms with Crippen molar-refractivity contribution in [3.8, 4) is 22.3 Å². The highest BCUT2D eigenvalue weighted by Gasteiger charge is 2.22. The molecule has 0 radical (unpaired) electrons. The molecule has 0 spiro atoms. The SMILES string of the molecule is Cc1c(-c2ccc(N3CCCC3=O)cc2)cncc1-c1cn(C)c2ncc([C@H](C)O)cc12. The van der Waals surface area contributed by atoms with E-state index < -0.39 is 6.10 Å². The van der Waals surface area contributed by atoms with Crippen LogP contribution in [-0.4, -0.2) is 32.1 Å². The molecule has 1 aromatic carbocycles. The number of hydrogen-bond donors (Lipinski definition) is 1. The van der Waals surface area contributed by atoms with Crippen molar-refractivity contribution in [3.63, 3.8) is 0 Å². The number of carbonyl (C=O) groups excluding carboxylic acids is 1. The number of pyridine rings is 2. The van der Waals surface area contributed by atoms with Gasteiger partial charge in [0.15, 0.2) is 0 Å². The van der Waals surface area contributed by atoms with E-state index in [9.17, 15) is 9.90 Å². The number of aliphatic hydroxyl groups is 1. The fourth-order valence-corrected chi connectivity index (χ4v) is 4.55. The summed E-state index contributed by atoms with van der Waals surface area (Å²) < 4.78 is 2.00. The van der Waals surface area contributed by atoms with Crippen molar-refractivity contribution in [2.45, 2.75) is 32.8 Å². The van der Waals surface area contributed by atoms with Crippen LogP contribution in [0.15, 0.2) is 55.1 Å². The maximum atomic E-state index is 12.1. The highest BCUT2D eigenvalue weighted by atomic mass is 16.3. The van der Waals surface area contributed by atoms with E-state index in [2.05, 4.69) is 35.2 Å². The molecule has 1 saturated heterocycles. The molecular weight excluding hydrogens is 400 g/mol. The predicted octanol–water partition coefficient (Wildman–Crippen LogP) is 4.79. The van der Waals surface area contributed by atoms with Gasteiger partial charge in [-0.25, -0.2) is 4.98 Å². The number of hydrogen-bond acceptors (Lipinski definition) is 4. The van der Waals surface area contributed by atoms with E-state index in [1.165, 1.54) is 0 Å². The van der Waals surface area contributed by atoms with Crippen LogP contribution < -0.4 is 4.90 Å². The second kappa shape index (κ2) is 7.88. The van der Waals surface area contributed by atoms with Gasteiger partial charge in [-0.05, 0) is 55.2 Å². The number of benzene rings is 1. The molecule has 0 saturated carbocycles. The molecule has 5 rings (SSSR count). The predicted molar refractivity (Wildman–Crippen MR) is 126 cm³/mol. The van der Waals surface area contributed by atoms with Crippen LogP contribution >= 0.6 is 0 Å². The Morgan fingerprint density at radius 1 is 1.06 bits per heavy atom. The third-order valence-electron chi connectivity index (χ3n) is 6.39. The number of aliphatic hydroxyl groups excluding tert-OH is 1. The Labute approximate surface area is 187 Å². The topological polar surface area (TPSA) is 71.2 Å². The number of carbonyl (C=O) groups is 1. The van der Waals surface area contributed by atoms with Crippen molar-refractivity contribution in [2.75, 3.05) is 11.4 Å². The van der Waals surface area contributed by atoms with Crippen LogP contribution in [0.5, 0.6) is 0 Å². The van der Waals surface area contributed by atoms with Crippen LogP contribution in [0, 0.1) is 6.92 Å². The van der Waals surface area contributed by atoms with Gasteiger partial charge in [0.05, 0.1) is 6.10 Å². The molecule has 32 heavy (non-hydrogen) atoms. The van der Waals surface area contributed by atoms with Crippen LogP contribution in [-0.2, 0) is 11.8 Å². The van der Waals surface area contributed by atoms with E-state index in [0.29, 0.717) is 6.42 Å². The first kappa shape index (κ1) is 20.4. The lowest BCUT2D eigenvalue weighted by molar-refractivity contribution is -0.117. The number of fused-ring (bicyclic) bond motifs is 1. The van der Waals surface area contributed by atoms with Crippen LogP contribution in [0.1, 0.15) is 37.0 Å². The van der Waals surface area contributed by atoms with Crippen LogP contribution in [0.4, 0.5) is 5.69 Å². The molecule has 1 amide bonds. The summed E-state index contributed by atoms with van der Waals surface area (Å²) in [5.74, 6) is 0.193. The molecule has 1 aliphatic rings. The van der Waals surface area contributed by atoms with Gasteiger partial charge >= 0.3 is 0 Å². The Hall–Kier alpha value is -3.51. The molecule has 1 aliphatic heterocycles. The number of anilines is 1. The van der Waals surface area contributed by atoms with Gasteiger partial charge in [0, 0.05) is 72.6 Å². The van der Waals surface area contributed by atoms with Gasteiger partial charge in [-0.1, -0.05) is 12.1 Å². The molecule has 4 heterocycles. The summed E-state index contributed by atoms with van der Waals surface area (Å²) >= 11 is 0. The van der Waals surface area contributed by atoms with Gasteiger partial charge in [0.25, 0.3) is 0 Å². The molecule has 6 nitrogen and oxygen atoms in total. The summed E-state index contributed by atoms with van der Waals surface area (Å²) in [5.41, 5.74) is 7.94. The van der Waals surface area contributed by atoms with E-state index >= 15 is 0 Å². The second-order valence-corrected chi connectivity index (χ2v) is 8.52. The fourth-order valence-electron chi connectivity index (χ4n) is 4.55. The van der Waals surface area contributed by atoms with E-state index in [-0.39, 0.29) is 5.91 Å². The van der Waals surface area contributed by atoms with Gasteiger partial charge in [-0.15, -0.1) is 0 Å². The average Bonchev–Trinajstić information content (AvgIpc) is 3.37. The molecule has 1 atom stereocenters. The van der Waals surface area contributed by atoms with Crippen molar-refractivity contribution < 1.29 is 9.90 Å². The second-order valence-electron chi connectivity index (χ2n) is 8.52. The van der Waals surface area contributed by atoms with Crippen LogP contribution in [0.3, 0.4) is 0 Å². The Morgan fingerprint density at radius 3 is 2.50 bits per heavy atom. The molecule has 0 unspecified atom stereocenters. The van der Waals surface area contributed by atoms with Gasteiger partial charge < -0.3 is 14.6 Å². The van der Waals surface area contributed by atoms with Crippen molar-refractivity contribution >= 4 is 22.6 Å². The number of amides is 1. The summed E-state index contributed by atoms with van der Waals surface area (Å²) in [5, 5.41) is 11.0. The molecule has 6 heteroatoms. The highest BCUT2D eigenvalue weighted by Crippen LogP contribution is 2.36. The van der Waals surface area contributed by atoms with Crippen molar-refractivity contribution in [1.82, 2.24) is 14.5 Å². The van der Waals surface area contributed by atoms with Crippen molar-refractivity contribution in [1.29, 1.82) is 0 Å². The molecule has 0 bridgehead atoms. The van der Waals surface area contributed by atoms with Crippen molar-refractivity contribution in [3.05, 3.63) is 66.2 Å². The third-order valence-corrected chi connectivity index (χ3v) is 6.39. The van der Waals surface area contributed by atoms with E-state index in [1.54, 1.807) is 13.1 Å². The zero-order valence-corrected chi connectivity index (χ0v) is 18.5. The first-order valence-electron chi connectivity index (χ1n) is 10.9. The molecule has 4 aromatic rings. The average molecular weight is 427 g/mol. The number of rotatable bonds is 4. The zero-order valence-electron chi connectivity index (χ0n) is 18.5. The number of nitrogens with zero attached hydrogens (tertiary/aromatic N) is 4. The fraction of sp³-hybridized carbons (Fsp3) is 0.269. The summed E-state index contributed by atoms with van der Waals surface area (Å²) in [4.78, 5) is 23.0. The van der Waals surface area contributed by atoms with Gasteiger partial charge in [0.1, 0.15) is 5.65 Å². The van der Waals surface area contributed by atoms with Crippen LogP contribution in [0.2, 0.25) is 0 Å². The van der Waals surface area contributed by atoms with Gasteiger partial charge in [0.2, 0.25) is 5.91 Å². The van der Waals surface area contributed by atoms with Crippen LogP contribution in [0.25, 0.3) is 33.3 Å². The van der Waals surface area contributed by atoms with Crippen molar-refractivity contribution in [2.24, 2.45) is 7.05 Å². The summed E-state index contributed by atoms with van der Waals surface area (Å²) in [7, 11) is 1.98. The van der Waals surface area contributed by atoms with E-state index in [1.807, 2.05) is 47.1 Å². The molecule has 3 aromatic heterocycles. The quantitative estimate of drug-likeness (QED) is 0.509. The first-order valence-corrected chi connectivity index (χ1v) is 10.9. The van der Waals surface area contributed by atoms with Gasteiger partial charge in [-0.3, -0.25) is 9.78 Å². The lowest BCUT2D eigenvalue weighted by Gasteiger charge is -2.16. The normalized spacial score (nSPS) is 15.0. The third kappa shape index (κ3) is 3.37. The largest absolute Gasteiger partial charge is 0.389 e. The van der Waals surface area contributed by atoms with E-state index in [0.717, 1.165) is 63.1 Å². The molecule has 0 aliphatic carbocycles. The Balaban J connectivity index is 1.57. The maximum absolute atomic E-state index is 12.1. The van der Waals surface area contributed by atoms with Gasteiger partial charge in [-0.2, -0.15) is 0 Å². The number of aryl methyl sites for hydroxylation is 1. The summed E-state index contributed by atoms with van der Waals surface area (Å²) in [6.07, 6.45) is 8.54. The monoisotopic (exact) mass is 426 g/mol. The summed E-state index contributed by atoms with van der Waals surface area (Å²) in [6, 6.07) is 10.2. The lowest BCUT2D eigenvalue weighted by atomic mass is 9.95. The Morgan fingerprint density at radius 2 is 1.81 bits per heavy atom. The highest BCUT2D eigenvalue weighted by molar-refractivity contribution is 5.97.